The number of aromatic nitrogens is 2. The first-order valence-electron chi connectivity index (χ1n) is 5.23. The van der Waals surface area contributed by atoms with Gasteiger partial charge in [0, 0.05) is 5.56 Å². The number of hydrogen-bond acceptors (Lipinski definition) is 3. The highest BCUT2D eigenvalue weighted by Crippen LogP contribution is 2.22. The first kappa shape index (κ1) is 9.96. The van der Waals surface area contributed by atoms with Crippen LogP contribution in [0.1, 0.15) is 5.69 Å². The maximum absolute atomic E-state index is 12.8. The Bertz CT molecular complexity index is 673. The Morgan fingerprint density at radius 1 is 1.06 bits per heavy atom. The average Bonchev–Trinajstić information content (AvgIpc) is 2.72. The lowest BCUT2D eigenvalue weighted by Crippen LogP contribution is -1.85. The lowest BCUT2D eigenvalue weighted by Gasteiger charge is -2.00. The molecule has 2 aromatic heterocycles. The summed E-state index contributed by atoms with van der Waals surface area (Å²) in [5.41, 5.74) is 3.81. The molecule has 4 heteroatoms. The molecule has 1 aromatic carbocycles. The fourth-order valence-corrected chi connectivity index (χ4v) is 1.72. The van der Waals surface area contributed by atoms with E-state index in [1.165, 1.54) is 12.1 Å². The predicted octanol–water partition coefficient (Wildman–Crippen LogP) is 3.34. The highest BCUT2D eigenvalue weighted by Gasteiger charge is 2.07. The van der Waals surface area contributed by atoms with E-state index in [-0.39, 0.29) is 5.82 Å². The number of hydrogen-bond donors (Lipinski definition) is 0. The standard InChI is InChI=1S/C13H9FN2O/c1-8-13-12(17-16-8)7-6-11(15-13)9-2-4-10(14)5-3-9/h2-7H,1H3. The summed E-state index contributed by atoms with van der Waals surface area (Å²) in [4.78, 5) is 4.46. The molecule has 2 heterocycles. The van der Waals surface area contributed by atoms with E-state index in [0.29, 0.717) is 5.58 Å². The van der Waals surface area contributed by atoms with Crippen molar-refractivity contribution in [3.63, 3.8) is 0 Å². The van der Waals surface area contributed by atoms with Crippen LogP contribution < -0.4 is 0 Å². The minimum Gasteiger partial charge on any atom is -0.354 e. The molecule has 3 rings (SSSR count). The summed E-state index contributed by atoms with van der Waals surface area (Å²) < 4.78 is 17.9. The smallest absolute Gasteiger partial charge is 0.185 e. The summed E-state index contributed by atoms with van der Waals surface area (Å²) in [7, 11) is 0. The van der Waals surface area contributed by atoms with Gasteiger partial charge in [-0.25, -0.2) is 9.37 Å². The van der Waals surface area contributed by atoms with Crippen LogP contribution >= 0.6 is 0 Å². The molecular formula is C13H9FN2O. The van der Waals surface area contributed by atoms with Gasteiger partial charge in [-0.3, -0.25) is 0 Å². The highest BCUT2D eigenvalue weighted by atomic mass is 19.1. The third-order valence-corrected chi connectivity index (χ3v) is 2.62. The van der Waals surface area contributed by atoms with E-state index in [4.69, 9.17) is 4.52 Å². The fourth-order valence-electron chi connectivity index (χ4n) is 1.72. The summed E-state index contributed by atoms with van der Waals surface area (Å²) in [5.74, 6) is -0.254. The first-order chi connectivity index (χ1) is 8.24. The topological polar surface area (TPSA) is 38.9 Å². The molecule has 0 aliphatic heterocycles. The van der Waals surface area contributed by atoms with E-state index in [2.05, 4.69) is 10.1 Å². The van der Waals surface area contributed by atoms with Crippen LogP contribution in [0.15, 0.2) is 40.9 Å². The molecule has 0 bridgehead atoms. The Hall–Kier alpha value is -2.23. The van der Waals surface area contributed by atoms with Crippen LogP contribution in [0.2, 0.25) is 0 Å². The van der Waals surface area contributed by atoms with Gasteiger partial charge in [0.2, 0.25) is 0 Å². The molecule has 17 heavy (non-hydrogen) atoms. The van der Waals surface area contributed by atoms with Crippen molar-refractivity contribution >= 4 is 11.1 Å². The summed E-state index contributed by atoms with van der Waals surface area (Å²) in [6, 6.07) is 9.89. The zero-order valence-corrected chi connectivity index (χ0v) is 9.14. The van der Waals surface area contributed by atoms with Gasteiger partial charge >= 0.3 is 0 Å². The molecule has 0 saturated heterocycles. The Balaban J connectivity index is 2.17. The minimum absolute atomic E-state index is 0.254. The van der Waals surface area contributed by atoms with Crippen molar-refractivity contribution < 1.29 is 8.91 Å². The van der Waals surface area contributed by atoms with Crippen LogP contribution in [0.5, 0.6) is 0 Å². The van der Waals surface area contributed by atoms with E-state index in [1.54, 1.807) is 12.1 Å². The second-order valence-corrected chi connectivity index (χ2v) is 3.82. The van der Waals surface area contributed by atoms with Crippen molar-refractivity contribution in [3.05, 3.63) is 47.9 Å². The van der Waals surface area contributed by atoms with Crippen molar-refractivity contribution in [3.8, 4) is 11.3 Å². The third-order valence-electron chi connectivity index (χ3n) is 2.62. The SMILES string of the molecule is Cc1noc2ccc(-c3ccc(F)cc3)nc12. The predicted molar refractivity (Wildman–Crippen MR) is 61.9 cm³/mol. The van der Waals surface area contributed by atoms with E-state index in [0.717, 1.165) is 22.5 Å². The fraction of sp³-hybridized carbons (Fsp3) is 0.0769. The van der Waals surface area contributed by atoms with Crippen LogP contribution in [0.3, 0.4) is 0 Å². The molecule has 84 valence electrons. The summed E-state index contributed by atoms with van der Waals surface area (Å²) in [6.45, 7) is 1.84. The van der Waals surface area contributed by atoms with Crippen molar-refractivity contribution in [2.75, 3.05) is 0 Å². The lowest BCUT2D eigenvalue weighted by molar-refractivity contribution is 0.450. The van der Waals surface area contributed by atoms with Gasteiger partial charge in [-0.1, -0.05) is 5.16 Å². The molecule has 0 unspecified atom stereocenters. The largest absolute Gasteiger partial charge is 0.354 e. The van der Waals surface area contributed by atoms with Crippen LogP contribution in [0.4, 0.5) is 4.39 Å². The Kier molecular flexibility index (Phi) is 2.14. The van der Waals surface area contributed by atoms with Gasteiger partial charge in [0.25, 0.3) is 0 Å². The van der Waals surface area contributed by atoms with E-state index >= 15 is 0 Å². The number of pyridine rings is 1. The van der Waals surface area contributed by atoms with Crippen molar-refractivity contribution in [2.24, 2.45) is 0 Å². The highest BCUT2D eigenvalue weighted by molar-refractivity contribution is 5.78. The van der Waals surface area contributed by atoms with Gasteiger partial charge in [-0.2, -0.15) is 0 Å². The normalized spacial score (nSPS) is 10.9. The Morgan fingerprint density at radius 2 is 1.82 bits per heavy atom. The van der Waals surface area contributed by atoms with Crippen LogP contribution in [0, 0.1) is 12.7 Å². The molecule has 3 nitrogen and oxygen atoms in total. The quantitative estimate of drug-likeness (QED) is 0.641. The van der Waals surface area contributed by atoms with Gasteiger partial charge in [-0.05, 0) is 43.3 Å². The molecule has 0 amide bonds. The summed E-state index contributed by atoms with van der Waals surface area (Å²) in [6.07, 6.45) is 0. The van der Waals surface area contributed by atoms with Crippen molar-refractivity contribution in [1.29, 1.82) is 0 Å². The lowest BCUT2D eigenvalue weighted by atomic mass is 10.1. The average molecular weight is 228 g/mol. The number of rotatable bonds is 1. The Morgan fingerprint density at radius 3 is 2.59 bits per heavy atom. The number of halogens is 1. The van der Waals surface area contributed by atoms with E-state index < -0.39 is 0 Å². The third kappa shape index (κ3) is 1.67. The van der Waals surface area contributed by atoms with Crippen LogP contribution in [-0.4, -0.2) is 10.1 Å². The second-order valence-electron chi connectivity index (χ2n) is 3.82. The van der Waals surface area contributed by atoms with Gasteiger partial charge in [-0.15, -0.1) is 0 Å². The molecule has 0 atom stereocenters. The van der Waals surface area contributed by atoms with Crippen molar-refractivity contribution in [1.82, 2.24) is 10.1 Å². The van der Waals surface area contributed by atoms with Gasteiger partial charge in [0.05, 0.1) is 5.69 Å². The molecule has 0 fully saturated rings. The molecule has 0 radical (unpaired) electrons. The van der Waals surface area contributed by atoms with Crippen molar-refractivity contribution in [2.45, 2.75) is 6.92 Å². The molecule has 0 N–H and O–H groups in total. The number of nitrogens with zero attached hydrogens (tertiary/aromatic N) is 2. The summed E-state index contributed by atoms with van der Waals surface area (Å²) in [5, 5.41) is 3.85. The molecule has 0 aliphatic rings. The van der Waals surface area contributed by atoms with Crippen LogP contribution in [0.25, 0.3) is 22.4 Å². The van der Waals surface area contributed by atoms with Crippen LogP contribution in [-0.2, 0) is 0 Å². The van der Waals surface area contributed by atoms with E-state index in [1.807, 2.05) is 19.1 Å². The van der Waals surface area contributed by atoms with Gasteiger partial charge in [0.1, 0.15) is 17.0 Å². The molecular weight excluding hydrogens is 219 g/mol. The number of fused-ring (bicyclic) bond motifs is 1. The first-order valence-corrected chi connectivity index (χ1v) is 5.23. The zero-order valence-electron chi connectivity index (χ0n) is 9.14. The number of benzene rings is 1. The maximum atomic E-state index is 12.8. The minimum atomic E-state index is -0.254. The Labute approximate surface area is 96.9 Å². The molecule has 0 aliphatic carbocycles. The van der Waals surface area contributed by atoms with Gasteiger partial charge < -0.3 is 4.52 Å². The molecule has 3 aromatic rings. The maximum Gasteiger partial charge on any atom is 0.185 e. The molecule has 0 saturated carbocycles. The zero-order chi connectivity index (χ0) is 11.8. The summed E-state index contributed by atoms with van der Waals surface area (Å²) >= 11 is 0. The number of aryl methyl sites for hydroxylation is 1. The second kappa shape index (κ2) is 3.66. The molecule has 0 spiro atoms. The monoisotopic (exact) mass is 228 g/mol. The van der Waals surface area contributed by atoms with Gasteiger partial charge in [0.15, 0.2) is 5.58 Å². The van der Waals surface area contributed by atoms with E-state index in [9.17, 15) is 4.39 Å².